The van der Waals surface area contributed by atoms with Crippen LogP contribution in [0.25, 0.3) is 0 Å². The molecule has 1 heterocycles. The lowest BCUT2D eigenvalue weighted by Crippen LogP contribution is -2.14. The van der Waals surface area contributed by atoms with E-state index in [1.165, 1.54) is 5.56 Å². The van der Waals surface area contributed by atoms with Crippen molar-refractivity contribution in [3.8, 4) is 0 Å². The predicted octanol–water partition coefficient (Wildman–Crippen LogP) is 3.56. The van der Waals surface area contributed by atoms with Crippen molar-refractivity contribution in [2.75, 3.05) is 0 Å². The lowest BCUT2D eigenvalue weighted by atomic mass is 10.0. The molecule has 3 nitrogen and oxygen atoms in total. The van der Waals surface area contributed by atoms with Gasteiger partial charge in [-0.05, 0) is 51.3 Å². The van der Waals surface area contributed by atoms with Gasteiger partial charge in [-0.2, -0.15) is 5.10 Å². The number of hydrogen-bond acceptors (Lipinski definition) is 2. The molecule has 106 valence electrons. The van der Waals surface area contributed by atoms with Gasteiger partial charge in [-0.15, -0.1) is 0 Å². The van der Waals surface area contributed by atoms with E-state index >= 15 is 0 Å². The largest absolute Gasteiger partial charge is 0.292 e. The number of aryl methyl sites for hydroxylation is 3. The van der Waals surface area contributed by atoms with E-state index in [9.17, 15) is 4.79 Å². The van der Waals surface area contributed by atoms with Crippen molar-refractivity contribution in [3.05, 3.63) is 51.8 Å². The second kappa shape index (κ2) is 5.61. The van der Waals surface area contributed by atoms with Crippen molar-refractivity contribution in [2.45, 2.75) is 47.6 Å². The number of carbonyl (C=O) groups excluding carboxylic acids is 1. The maximum absolute atomic E-state index is 12.5. The molecule has 0 saturated carbocycles. The normalized spacial score (nSPS) is 10.8. The SMILES string of the molecule is CCc1c(C)nn(CC(=O)c2cc(C)ccc2C)c1C. The Balaban J connectivity index is 2.30. The molecule has 0 aliphatic rings. The number of hydrogen-bond donors (Lipinski definition) is 0. The molecule has 2 aromatic rings. The summed E-state index contributed by atoms with van der Waals surface area (Å²) in [5, 5.41) is 4.49. The molecule has 20 heavy (non-hydrogen) atoms. The minimum absolute atomic E-state index is 0.124. The van der Waals surface area contributed by atoms with Crippen LogP contribution in [0.1, 0.15) is 45.4 Å². The van der Waals surface area contributed by atoms with Gasteiger partial charge in [0, 0.05) is 11.3 Å². The first-order valence-electron chi connectivity index (χ1n) is 7.07. The Bertz CT molecular complexity index is 653. The molecule has 0 radical (unpaired) electrons. The standard InChI is InChI=1S/C17H22N2O/c1-6-15-13(4)18-19(14(15)5)10-17(20)16-9-11(2)7-8-12(16)3/h7-9H,6,10H2,1-5H3. The average Bonchev–Trinajstić information content (AvgIpc) is 2.66. The number of Topliss-reactive ketones (excluding diaryl/α,β-unsaturated/α-hetero) is 1. The topological polar surface area (TPSA) is 34.9 Å². The zero-order chi connectivity index (χ0) is 14.9. The number of carbonyl (C=O) groups is 1. The van der Waals surface area contributed by atoms with Gasteiger partial charge in [0.05, 0.1) is 5.69 Å². The molecule has 0 fully saturated rings. The van der Waals surface area contributed by atoms with Gasteiger partial charge in [0.15, 0.2) is 5.78 Å². The molecular formula is C17H22N2O. The van der Waals surface area contributed by atoms with Crippen molar-refractivity contribution in [3.63, 3.8) is 0 Å². The van der Waals surface area contributed by atoms with E-state index in [-0.39, 0.29) is 5.78 Å². The van der Waals surface area contributed by atoms with E-state index in [1.54, 1.807) is 0 Å². The van der Waals surface area contributed by atoms with Crippen LogP contribution in [-0.4, -0.2) is 15.6 Å². The van der Waals surface area contributed by atoms with E-state index in [2.05, 4.69) is 12.0 Å². The molecule has 1 aromatic heterocycles. The Kier molecular flexibility index (Phi) is 4.07. The number of nitrogens with zero attached hydrogens (tertiary/aromatic N) is 2. The Morgan fingerprint density at radius 3 is 2.50 bits per heavy atom. The predicted molar refractivity (Wildman–Crippen MR) is 81.3 cm³/mol. The van der Waals surface area contributed by atoms with E-state index in [1.807, 2.05) is 50.6 Å². The summed E-state index contributed by atoms with van der Waals surface area (Å²) in [7, 11) is 0. The van der Waals surface area contributed by atoms with Crippen LogP contribution in [0.4, 0.5) is 0 Å². The molecule has 1 aromatic carbocycles. The van der Waals surface area contributed by atoms with E-state index < -0.39 is 0 Å². The van der Waals surface area contributed by atoms with Gasteiger partial charge in [-0.3, -0.25) is 9.48 Å². The maximum Gasteiger partial charge on any atom is 0.184 e. The molecule has 0 spiro atoms. The fourth-order valence-electron chi connectivity index (χ4n) is 2.66. The van der Waals surface area contributed by atoms with Crippen LogP contribution < -0.4 is 0 Å². The van der Waals surface area contributed by atoms with Crippen LogP contribution >= 0.6 is 0 Å². The van der Waals surface area contributed by atoms with Crippen molar-refractivity contribution in [2.24, 2.45) is 0 Å². The Labute approximate surface area is 120 Å². The zero-order valence-corrected chi connectivity index (χ0v) is 12.9. The van der Waals surface area contributed by atoms with Crippen molar-refractivity contribution < 1.29 is 4.79 Å². The first kappa shape index (κ1) is 14.5. The summed E-state index contributed by atoms with van der Waals surface area (Å²) in [6, 6.07) is 6.00. The first-order chi connectivity index (χ1) is 9.43. The van der Waals surface area contributed by atoms with Crippen molar-refractivity contribution >= 4 is 5.78 Å². The van der Waals surface area contributed by atoms with Crippen molar-refractivity contribution in [1.29, 1.82) is 0 Å². The molecule has 0 aliphatic heterocycles. The molecule has 0 aliphatic carbocycles. The zero-order valence-electron chi connectivity index (χ0n) is 12.9. The second-order valence-corrected chi connectivity index (χ2v) is 5.40. The minimum Gasteiger partial charge on any atom is -0.292 e. The molecular weight excluding hydrogens is 248 g/mol. The minimum atomic E-state index is 0.124. The third-order valence-electron chi connectivity index (χ3n) is 3.87. The molecule has 2 rings (SSSR count). The van der Waals surface area contributed by atoms with Gasteiger partial charge in [0.2, 0.25) is 0 Å². The third kappa shape index (κ3) is 2.67. The second-order valence-electron chi connectivity index (χ2n) is 5.40. The van der Waals surface area contributed by atoms with Gasteiger partial charge in [0.25, 0.3) is 0 Å². The van der Waals surface area contributed by atoms with Gasteiger partial charge in [0.1, 0.15) is 6.54 Å². The maximum atomic E-state index is 12.5. The number of rotatable bonds is 4. The van der Waals surface area contributed by atoms with Gasteiger partial charge < -0.3 is 0 Å². The van der Waals surface area contributed by atoms with Crippen LogP contribution in [-0.2, 0) is 13.0 Å². The number of ketones is 1. The van der Waals surface area contributed by atoms with E-state index in [4.69, 9.17) is 0 Å². The summed E-state index contributed by atoms with van der Waals surface area (Å²) in [5.74, 6) is 0.124. The highest BCUT2D eigenvalue weighted by atomic mass is 16.1. The quantitative estimate of drug-likeness (QED) is 0.796. The Hall–Kier alpha value is -1.90. The molecule has 3 heteroatoms. The molecule has 0 atom stereocenters. The lowest BCUT2D eigenvalue weighted by molar-refractivity contribution is 0.0966. The number of aromatic nitrogens is 2. The summed E-state index contributed by atoms with van der Waals surface area (Å²) < 4.78 is 1.83. The first-order valence-corrected chi connectivity index (χ1v) is 7.07. The van der Waals surface area contributed by atoms with Crippen molar-refractivity contribution in [1.82, 2.24) is 9.78 Å². The molecule has 0 saturated heterocycles. The Morgan fingerprint density at radius 1 is 1.20 bits per heavy atom. The highest BCUT2D eigenvalue weighted by molar-refractivity contribution is 5.97. The van der Waals surface area contributed by atoms with Gasteiger partial charge in [-0.1, -0.05) is 24.6 Å². The van der Waals surface area contributed by atoms with Crippen LogP contribution in [0.5, 0.6) is 0 Å². The van der Waals surface area contributed by atoms with E-state index in [0.717, 1.165) is 34.5 Å². The molecule has 0 amide bonds. The van der Waals surface area contributed by atoms with Crippen LogP contribution in [0, 0.1) is 27.7 Å². The van der Waals surface area contributed by atoms with Crippen LogP contribution in [0.3, 0.4) is 0 Å². The van der Waals surface area contributed by atoms with Crippen LogP contribution in [0.2, 0.25) is 0 Å². The summed E-state index contributed by atoms with van der Waals surface area (Å²) in [4.78, 5) is 12.5. The molecule has 0 N–H and O–H groups in total. The summed E-state index contributed by atoms with van der Waals surface area (Å²) in [6.45, 7) is 10.5. The monoisotopic (exact) mass is 270 g/mol. The summed E-state index contributed by atoms with van der Waals surface area (Å²) >= 11 is 0. The van der Waals surface area contributed by atoms with E-state index in [0.29, 0.717) is 6.54 Å². The third-order valence-corrected chi connectivity index (χ3v) is 3.87. The van der Waals surface area contributed by atoms with Crippen LogP contribution in [0.15, 0.2) is 18.2 Å². The highest BCUT2D eigenvalue weighted by Gasteiger charge is 2.15. The smallest absolute Gasteiger partial charge is 0.184 e. The Morgan fingerprint density at radius 2 is 1.90 bits per heavy atom. The fraction of sp³-hybridized carbons (Fsp3) is 0.412. The lowest BCUT2D eigenvalue weighted by Gasteiger charge is -2.08. The summed E-state index contributed by atoms with van der Waals surface area (Å²) in [5.41, 5.74) is 6.32. The molecule has 0 unspecified atom stereocenters. The molecule has 0 bridgehead atoms. The van der Waals surface area contributed by atoms with Gasteiger partial charge >= 0.3 is 0 Å². The summed E-state index contributed by atoms with van der Waals surface area (Å²) in [6.07, 6.45) is 0.954. The number of benzene rings is 1. The fourth-order valence-corrected chi connectivity index (χ4v) is 2.66. The van der Waals surface area contributed by atoms with Gasteiger partial charge in [-0.25, -0.2) is 0 Å². The average molecular weight is 270 g/mol. The highest BCUT2D eigenvalue weighted by Crippen LogP contribution is 2.16.